The summed E-state index contributed by atoms with van der Waals surface area (Å²) in [5.74, 6) is 0.392. The minimum atomic E-state index is 0.392. The highest BCUT2D eigenvalue weighted by atomic mass is 127. The molecule has 1 aromatic rings. The van der Waals surface area contributed by atoms with Gasteiger partial charge in [0.05, 0.1) is 0 Å². The summed E-state index contributed by atoms with van der Waals surface area (Å²) in [6.07, 6.45) is 8.39. The second kappa shape index (κ2) is 10.7. The van der Waals surface area contributed by atoms with Gasteiger partial charge in [0.25, 0.3) is 0 Å². The lowest BCUT2D eigenvalue weighted by Crippen LogP contribution is -2.00. The third kappa shape index (κ3) is 8.64. The first kappa shape index (κ1) is 17.0. The predicted molar refractivity (Wildman–Crippen MR) is 91.4 cm³/mol. The average Bonchev–Trinajstić information content (AvgIpc) is 2.42. The number of ketones is 1. The van der Waals surface area contributed by atoms with Crippen LogP contribution in [-0.2, 0) is 11.2 Å². The molecule has 0 unspecified atom stereocenters. The smallest absolute Gasteiger partial charge is 0.133 e. The van der Waals surface area contributed by atoms with Gasteiger partial charge in [-0.2, -0.15) is 0 Å². The summed E-state index contributed by atoms with van der Waals surface area (Å²) in [5.41, 5.74) is 1.19. The van der Waals surface area contributed by atoms with Crippen LogP contribution in [0.4, 0.5) is 0 Å². The Morgan fingerprint density at radius 2 is 1.58 bits per heavy atom. The highest BCUT2D eigenvalue weighted by molar-refractivity contribution is 14.1. The van der Waals surface area contributed by atoms with E-state index in [4.69, 9.17) is 11.6 Å². The molecule has 0 radical (unpaired) electrons. The third-order valence-corrected chi connectivity index (χ3v) is 4.21. The molecular formula is C16H22ClIO. The topological polar surface area (TPSA) is 17.1 Å². The summed E-state index contributed by atoms with van der Waals surface area (Å²) in [5, 5.41) is 0.751. The van der Waals surface area contributed by atoms with E-state index in [1.54, 1.807) is 0 Å². The molecule has 0 bridgehead atoms. The first-order chi connectivity index (χ1) is 9.22. The molecule has 19 heavy (non-hydrogen) atoms. The third-order valence-electron chi connectivity index (χ3n) is 3.20. The van der Waals surface area contributed by atoms with Crippen LogP contribution in [0.5, 0.6) is 0 Å². The quantitative estimate of drug-likeness (QED) is 0.287. The van der Waals surface area contributed by atoms with Gasteiger partial charge < -0.3 is 0 Å². The van der Waals surface area contributed by atoms with Crippen molar-refractivity contribution in [1.29, 1.82) is 0 Å². The van der Waals surface area contributed by atoms with Gasteiger partial charge in [0.2, 0.25) is 0 Å². The molecule has 0 fully saturated rings. The molecule has 0 aliphatic rings. The number of Topliss-reactive ketones (excluding diaryl/α,β-unsaturated/α-hetero) is 1. The van der Waals surface area contributed by atoms with E-state index in [1.165, 1.54) is 35.7 Å². The number of hydrogen-bond donors (Lipinski definition) is 0. The van der Waals surface area contributed by atoms with Crippen LogP contribution in [0.25, 0.3) is 0 Å². The summed E-state index contributed by atoms with van der Waals surface area (Å²) in [6.45, 7) is 0. The summed E-state index contributed by atoms with van der Waals surface area (Å²) >= 11 is 8.24. The Hall–Kier alpha value is -0.0900. The Labute approximate surface area is 135 Å². The Kier molecular flexibility index (Phi) is 9.52. The van der Waals surface area contributed by atoms with E-state index < -0.39 is 0 Å². The fourth-order valence-corrected chi connectivity index (χ4v) is 2.67. The predicted octanol–water partition coefficient (Wildman–Crippen LogP) is 5.62. The summed E-state index contributed by atoms with van der Waals surface area (Å²) < 4.78 is 1.25. The number of unbranched alkanes of at least 4 members (excludes halogenated alkanes) is 4. The first-order valence-electron chi connectivity index (χ1n) is 7.04. The maximum atomic E-state index is 11.7. The monoisotopic (exact) mass is 392 g/mol. The molecule has 1 nitrogen and oxygen atoms in total. The lowest BCUT2D eigenvalue weighted by Gasteiger charge is -2.02. The van der Waals surface area contributed by atoms with E-state index in [1.807, 2.05) is 24.3 Å². The summed E-state index contributed by atoms with van der Waals surface area (Å²) in [6, 6.07) is 7.77. The number of hydrogen-bond acceptors (Lipinski definition) is 1. The summed E-state index contributed by atoms with van der Waals surface area (Å²) in [7, 11) is 0. The minimum absolute atomic E-state index is 0.392. The lowest BCUT2D eigenvalue weighted by molar-refractivity contribution is -0.119. The van der Waals surface area contributed by atoms with Crippen LogP contribution in [0, 0.1) is 0 Å². The maximum absolute atomic E-state index is 11.7. The molecule has 0 saturated carbocycles. The van der Waals surface area contributed by atoms with Crippen LogP contribution in [0.15, 0.2) is 24.3 Å². The Morgan fingerprint density at radius 3 is 2.26 bits per heavy atom. The van der Waals surface area contributed by atoms with E-state index in [-0.39, 0.29) is 0 Å². The molecule has 0 aliphatic heterocycles. The van der Waals surface area contributed by atoms with Gasteiger partial charge in [-0.1, -0.05) is 65.6 Å². The largest absolute Gasteiger partial charge is 0.300 e. The zero-order valence-corrected chi connectivity index (χ0v) is 14.3. The van der Waals surface area contributed by atoms with Gasteiger partial charge >= 0.3 is 0 Å². The Morgan fingerprint density at radius 1 is 0.947 bits per heavy atom. The molecule has 0 N–H and O–H groups in total. The van der Waals surface area contributed by atoms with E-state index in [0.29, 0.717) is 12.2 Å². The van der Waals surface area contributed by atoms with E-state index in [9.17, 15) is 4.79 Å². The van der Waals surface area contributed by atoms with Gasteiger partial charge in [0.15, 0.2) is 0 Å². The van der Waals surface area contributed by atoms with E-state index in [2.05, 4.69) is 22.6 Å². The van der Waals surface area contributed by atoms with Crippen molar-refractivity contribution >= 4 is 40.0 Å². The van der Waals surface area contributed by atoms with Gasteiger partial charge in [0.1, 0.15) is 5.78 Å². The van der Waals surface area contributed by atoms with Crippen LogP contribution < -0.4 is 0 Å². The Balaban J connectivity index is 2.06. The number of rotatable bonds is 10. The summed E-state index contributed by atoms with van der Waals surface area (Å²) in [4.78, 5) is 11.7. The van der Waals surface area contributed by atoms with E-state index in [0.717, 1.165) is 24.3 Å². The van der Waals surface area contributed by atoms with Crippen LogP contribution >= 0.6 is 34.2 Å². The molecule has 0 amide bonds. The van der Waals surface area contributed by atoms with Crippen LogP contribution in [0.1, 0.15) is 50.5 Å². The second-order valence-corrected chi connectivity index (χ2v) is 6.39. The van der Waals surface area contributed by atoms with Gasteiger partial charge in [0, 0.05) is 17.9 Å². The number of benzene rings is 1. The zero-order valence-electron chi connectivity index (χ0n) is 11.3. The van der Waals surface area contributed by atoms with Crippen LogP contribution in [0.2, 0.25) is 5.02 Å². The highest BCUT2D eigenvalue weighted by Crippen LogP contribution is 2.12. The molecule has 0 saturated heterocycles. The number of carbonyl (C=O) groups excluding carboxylic acids is 1. The van der Waals surface area contributed by atoms with Gasteiger partial charge in [-0.25, -0.2) is 0 Å². The lowest BCUT2D eigenvalue weighted by atomic mass is 10.0. The van der Waals surface area contributed by atoms with Crippen molar-refractivity contribution < 1.29 is 4.79 Å². The van der Waals surface area contributed by atoms with Crippen LogP contribution in [-0.4, -0.2) is 10.2 Å². The fraction of sp³-hybridized carbons (Fsp3) is 0.562. The van der Waals surface area contributed by atoms with Gasteiger partial charge in [-0.05, 0) is 41.4 Å². The Bertz CT molecular complexity index is 362. The molecule has 0 atom stereocenters. The molecule has 3 heteroatoms. The molecular weight excluding hydrogens is 371 g/mol. The highest BCUT2D eigenvalue weighted by Gasteiger charge is 2.03. The van der Waals surface area contributed by atoms with Gasteiger partial charge in [-0.15, -0.1) is 0 Å². The molecule has 0 heterocycles. The van der Waals surface area contributed by atoms with Crippen molar-refractivity contribution in [2.75, 3.05) is 4.43 Å². The first-order valence-corrected chi connectivity index (χ1v) is 8.95. The number of carbonyl (C=O) groups is 1. The van der Waals surface area contributed by atoms with Crippen molar-refractivity contribution in [3.63, 3.8) is 0 Å². The van der Waals surface area contributed by atoms with Crippen molar-refractivity contribution in [3.05, 3.63) is 34.9 Å². The standard InChI is InChI=1S/C16H22ClIO/c17-15-10-7-14(8-11-15)9-12-16(19)6-4-2-1-3-5-13-18/h7-8,10-11H,1-6,9,12-13H2. The number of halogens is 2. The maximum Gasteiger partial charge on any atom is 0.133 e. The number of aryl methyl sites for hydroxylation is 1. The molecule has 1 rings (SSSR count). The normalized spacial score (nSPS) is 10.6. The molecule has 0 aromatic heterocycles. The van der Waals surface area contributed by atoms with Crippen LogP contribution in [0.3, 0.4) is 0 Å². The van der Waals surface area contributed by atoms with Crippen molar-refractivity contribution in [2.45, 2.75) is 51.4 Å². The van der Waals surface area contributed by atoms with Crippen molar-refractivity contribution in [1.82, 2.24) is 0 Å². The van der Waals surface area contributed by atoms with E-state index >= 15 is 0 Å². The molecule has 106 valence electrons. The SMILES string of the molecule is O=C(CCCCCCCI)CCc1ccc(Cl)cc1. The van der Waals surface area contributed by atoms with Crippen molar-refractivity contribution in [3.8, 4) is 0 Å². The zero-order chi connectivity index (χ0) is 13.9. The van der Waals surface area contributed by atoms with Crippen molar-refractivity contribution in [2.24, 2.45) is 0 Å². The fourth-order valence-electron chi connectivity index (χ4n) is 2.01. The molecule has 1 aromatic carbocycles. The number of alkyl halides is 1. The van der Waals surface area contributed by atoms with Gasteiger partial charge in [-0.3, -0.25) is 4.79 Å². The molecule has 0 aliphatic carbocycles. The second-order valence-electron chi connectivity index (χ2n) is 4.87. The average molecular weight is 393 g/mol. The minimum Gasteiger partial charge on any atom is -0.300 e. The molecule has 0 spiro atoms.